The fourth-order valence-electron chi connectivity index (χ4n) is 2.96. The van der Waals surface area contributed by atoms with Gasteiger partial charge in [0.05, 0.1) is 25.6 Å². The third-order valence-electron chi connectivity index (χ3n) is 4.14. The van der Waals surface area contributed by atoms with Crippen LogP contribution in [0.1, 0.15) is 29.2 Å². The number of hydrogen-bond acceptors (Lipinski definition) is 3. The second kappa shape index (κ2) is 7.44. The fourth-order valence-corrected chi connectivity index (χ4v) is 2.96. The predicted molar refractivity (Wildman–Crippen MR) is 89.8 cm³/mol. The Labute approximate surface area is 144 Å². The number of rotatable bonds is 5. The lowest BCUT2D eigenvalue weighted by molar-refractivity contribution is -0.136. The van der Waals surface area contributed by atoms with Gasteiger partial charge in [0.25, 0.3) is 0 Å². The number of anilines is 1. The minimum atomic E-state index is -1.11. The summed E-state index contributed by atoms with van der Waals surface area (Å²) < 4.78 is 19.6. The minimum absolute atomic E-state index is 0.0787. The van der Waals surface area contributed by atoms with Crippen LogP contribution in [0.4, 0.5) is 10.1 Å². The van der Waals surface area contributed by atoms with Crippen LogP contribution in [0.3, 0.4) is 0 Å². The van der Waals surface area contributed by atoms with Crippen molar-refractivity contribution in [2.45, 2.75) is 25.4 Å². The van der Waals surface area contributed by atoms with Crippen molar-refractivity contribution in [1.29, 1.82) is 0 Å². The number of carboxylic acids is 1. The number of aliphatic carboxylic acids is 1. The van der Waals surface area contributed by atoms with E-state index in [9.17, 15) is 14.0 Å². The maximum Gasteiger partial charge on any atom is 0.307 e. The quantitative estimate of drug-likeness (QED) is 0.875. The highest BCUT2D eigenvalue weighted by Gasteiger charge is 2.23. The van der Waals surface area contributed by atoms with Gasteiger partial charge in [-0.05, 0) is 35.2 Å². The number of carbonyl (C=O) groups excluding carboxylic acids is 1. The molecule has 2 N–H and O–H groups in total. The molecule has 5 nitrogen and oxygen atoms in total. The SMILES string of the molecule is O=C(O)Cc1ccc(NC(=O)C[C@@H]2OCCc3ccccc32)cc1F. The van der Waals surface area contributed by atoms with Crippen LogP contribution in [0.15, 0.2) is 42.5 Å². The van der Waals surface area contributed by atoms with Crippen LogP contribution in [-0.4, -0.2) is 23.6 Å². The largest absolute Gasteiger partial charge is 0.481 e. The van der Waals surface area contributed by atoms with Gasteiger partial charge in [-0.1, -0.05) is 30.3 Å². The summed E-state index contributed by atoms with van der Waals surface area (Å²) in [6.45, 7) is 0.563. The van der Waals surface area contributed by atoms with Crippen molar-refractivity contribution in [2.75, 3.05) is 11.9 Å². The van der Waals surface area contributed by atoms with Gasteiger partial charge in [-0.3, -0.25) is 9.59 Å². The first-order chi connectivity index (χ1) is 12.0. The number of carbonyl (C=O) groups is 2. The Bertz CT molecular complexity index is 806. The molecule has 3 rings (SSSR count). The molecule has 25 heavy (non-hydrogen) atoms. The topological polar surface area (TPSA) is 75.6 Å². The third-order valence-corrected chi connectivity index (χ3v) is 4.14. The highest BCUT2D eigenvalue weighted by molar-refractivity contribution is 5.91. The average molecular weight is 343 g/mol. The standard InChI is InChI=1S/C19H18FNO4/c20-16-10-14(6-5-13(16)9-19(23)24)21-18(22)11-17-15-4-2-1-3-12(15)7-8-25-17/h1-6,10,17H,7-9,11H2,(H,21,22)(H,23,24)/t17-/m0/s1. The van der Waals surface area contributed by atoms with Crippen molar-refractivity contribution in [2.24, 2.45) is 0 Å². The van der Waals surface area contributed by atoms with Crippen LogP contribution in [0.5, 0.6) is 0 Å². The molecular weight excluding hydrogens is 325 g/mol. The summed E-state index contributed by atoms with van der Waals surface area (Å²) in [6.07, 6.45) is 0.244. The summed E-state index contributed by atoms with van der Waals surface area (Å²) in [7, 11) is 0. The van der Waals surface area contributed by atoms with Gasteiger partial charge in [0.15, 0.2) is 0 Å². The van der Waals surface area contributed by atoms with Crippen molar-refractivity contribution < 1.29 is 23.8 Å². The Morgan fingerprint density at radius 1 is 1.24 bits per heavy atom. The van der Waals surface area contributed by atoms with Gasteiger partial charge in [0.2, 0.25) is 5.91 Å². The molecule has 2 aromatic carbocycles. The summed E-state index contributed by atoms with van der Waals surface area (Å²) in [5, 5.41) is 11.4. The lowest BCUT2D eigenvalue weighted by Crippen LogP contribution is -2.22. The molecule has 1 heterocycles. The normalized spacial score (nSPS) is 16.1. The zero-order valence-corrected chi connectivity index (χ0v) is 13.5. The minimum Gasteiger partial charge on any atom is -0.481 e. The number of halogens is 1. The molecule has 0 bridgehead atoms. The molecular formula is C19H18FNO4. The van der Waals surface area contributed by atoms with E-state index in [4.69, 9.17) is 9.84 Å². The molecule has 1 aliphatic heterocycles. The van der Waals surface area contributed by atoms with Crippen molar-refractivity contribution in [1.82, 2.24) is 0 Å². The Morgan fingerprint density at radius 3 is 2.80 bits per heavy atom. The molecule has 1 amide bonds. The lowest BCUT2D eigenvalue weighted by atomic mass is 9.95. The van der Waals surface area contributed by atoms with E-state index in [2.05, 4.69) is 5.32 Å². The molecule has 130 valence electrons. The van der Waals surface area contributed by atoms with E-state index >= 15 is 0 Å². The Kier molecular flexibility index (Phi) is 5.09. The van der Waals surface area contributed by atoms with E-state index < -0.39 is 18.2 Å². The van der Waals surface area contributed by atoms with E-state index in [1.807, 2.05) is 24.3 Å². The first-order valence-corrected chi connectivity index (χ1v) is 8.02. The van der Waals surface area contributed by atoms with Gasteiger partial charge in [-0.25, -0.2) is 4.39 Å². The first kappa shape index (κ1) is 17.1. The summed E-state index contributed by atoms with van der Waals surface area (Å²) in [5.74, 6) is -2.05. The molecule has 6 heteroatoms. The number of carboxylic acid groups (broad SMARTS) is 1. The maximum atomic E-state index is 13.9. The smallest absolute Gasteiger partial charge is 0.307 e. The van der Waals surface area contributed by atoms with Crippen LogP contribution in [0.2, 0.25) is 0 Å². The number of amides is 1. The van der Waals surface area contributed by atoms with Gasteiger partial charge in [-0.15, -0.1) is 0 Å². The van der Waals surface area contributed by atoms with Crippen molar-refractivity contribution in [3.63, 3.8) is 0 Å². The van der Waals surface area contributed by atoms with E-state index in [-0.39, 0.29) is 24.0 Å². The molecule has 1 atom stereocenters. The monoisotopic (exact) mass is 343 g/mol. The number of hydrogen-bond donors (Lipinski definition) is 2. The molecule has 0 saturated carbocycles. The molecule has 0 radical (unpaired) electrons. The summed E-state index contributed by atoms with van der Waals surface area (Å²) in [6, 6.07) is 11.8. The summed E-state index contributed by atoms with van der Waals surface area (Å²) in [5.41, 5.74) is 2.55. The van der Waals surface area contributed by atoms with E-state index in [0.29, 0.717) is 12.3 Å². The molecule has 0 saturated heterocycles. The molecule has 0 aromatic heterocycles. The van der Waals surface area contributed by atoms with Crippen LogP contribution >= 0.6 is 0 Å². The van der Waals surface area contributed by atoms with E-state index in [1.165, 1.54) is 17.7 Å². The Balaban J connectivity index is 1.65. The fraction of sp³-hybridized carbons (Fsp3) is 0.263. The van der Waals surface area contributed by atoms with Crippen LogP contribution in [-0.2, 0) is 27.2 Å². The van der Waals surface area contributed by atoms with E-state index in [0.717, 1.165) is 18.1 Å². The number of ether oxygens (including phenoxy) is 1. The molecule has 0 aliphatic carbocycles. The molecule has 1 aliphatic rings. The van der Waals surface area contributed by atoms with Crippen molar-refractivity contribution >= 4 is 17.6 Å². The van der Waals surface area contributed by atoms with Gasteiger partial charge >= 0.3 is 5.97 Å². The number of benzene rings is 2. The maximum absolute atomic E-state index is 13.9. The van der Waals surface area contributed by atoms with Gasteiger partial charge in [0.1, 0.15) is 5.82 Å². The molecule has 0 fully saturated rings. The molecule has 2 aromatic rings. The highest BCUT2D eigenvalue weighted by atomic mass is 19.1. The highest BCUT2D eigenvalue weighted by Crippen LogP contribution is 2.29. The second-order valence-corrected chi connectivity index (χ2v) is 5.94. The Morgan fingerprint density at radius 2 is 2.04 bits per heavy atom. The van der Waals surface area contributed by atoms with Gasteiger partial charge < -0.3 is 15.2 Å². The van der Waals surface area contributed by atoms with Crippen molar-refractivity contribution in [3.8, 4) is 0 Å². The van der Waals surface area contributed by atoms with Crippen LogP contribution in [0, 0.1) is 5.82 Å². The third kappa shape index (κ3) is 4.22. The molecule has 0 spiro atoms. The first-order valence-electron chi connectivity index (χ1n) is 8.02. The summed E-state index contributed by atoms with van der Waals surface area (Å²) in [4.78, 5) is 22.9. The van der Waals surface area contributed by atoms with Crippen LogP contribution in [0.25, 0.3) is 0 Å². The summed E-state index contributed by atoms with van der Waals surface area (Å²) >= 11 is 0. The number of nitrogens with one attached hydrogen (secondary N) is 1. The zero-order valence-electron chi connectivity index (χ0n) is 13.5. The van der Waals surface area contributed by atoms with Crippen molar-refractivity contribution in [3.05, 3.63) is 65.0 Å². The van der Waals surface area contributed by atoms with Gasteiger partial charge in [0, 0.05) is 5.69 Å². The molecule has 0 unspecified atom stereocenters. The average Bonchev–Trinajstić information content (AvgIpc) is 2.57. The Hall–Kier alpha value is -2.73. The predicted octanol–water partition coefficient (Wildman–Crippen LogP) is 3.10. The second-order valence-electron chi connectivity index (χ2n) is 5.94. The number of fused-ring (bicyclic) bond motifs is 1. The zero-order chi connectivity index (χ0) is 17.8. The lowest BCUT2D eigenvalue weighted by Gasteiger charge is -2.25. The van der Waals surface area contributed by atoms with Crippen LogP contribution < -0.4 is 5.32 Å². The van der Waals surface area contributed by atoms with Gasteiger partial charge in [-0.2, -0.15) is 0 Å². The van der Waals surface area contributed by atoms with E-state index in [1.54, 1.807) is 0 Å².